The van der Waals surface area contributed by atoms with Gasteiger partial charge in [-0.15, -0.1) is 0 Å². The molecule has 1 amide bonds. The maximum atomic E-state index is 12.9. The van der Waals surface area contributed by atoms with Gasteiger partial charge in [-0.3, -0.25) is 4.79 Å². The lowest BCUT2D eigenvalue weighted by atomic mass is 10.0. The molecule has 1 aromatic heterocycles. The largest absolute Gasteiger partial charge is 0.272 e. The zero-order valence-electron chi connectivity index (χ0n) is 17.1. The van der Waals surface area contributed by atoms with E-state index in [4.69, 9.17) is 16.6 Å². The van der Waals surface area contributed by atoms with Crippen LogP contribution in [0.5, 0.6) is 0 Å². The Morgan fingerprint density at radius 1 is 1.21 bits per heavy atom. The first-order valence-corrected chi connectivity index (χ1v) is 10.4. The van der Waals surface area contributed by atoms with E-state index in [-0.39, 0.29) is 5.91 Å². The number of nitrogens with one attached hydrogen (secondary N) is 1. The van der Waals surface area contributed by atoms with Crippen molar-refractivity contribution >= 4 is 34.6 Å². The van der Waals surface area contributed by atoms with Crippen LogP contribution in [0.25, 0.3) is 22.2 Å². The van der Waals surface area contributed by atoms with Gasteiger partial charge in [-0.05, 0) is 36.5 Å². The summed E-state index contributed by atoms with van der Waals surface area (Å²) in [7, 11) is 0. The zero-order valence-corrected chi connectivity index (χ0v) is 17.8. The van der Waals surface area contributed by atoms with Crippen molar-refractivity contribution in [2.75, 3.05) is 0 Å². The highest BCUT2D eigenvalue weighted by Gasteiger charge is 2.15. The molecule has 0 radical (unpaired) electrons. The maximum absolute atomic E-state index is 12.9. The number of hydrogen-bond donors (Lipinski definition) is 1. The van der Waals surface area contributed by atoms with Crippen molar-refractivity contribution in [2.24, 2.45) is 11.0 Å². The van der Waals surface area contributed by atoms with Gasteiger partial charge in [0, 0.05) is 17.2 Å². The third kappa shape index (κ3) is 5.01. The van der Waals surface area contributed by atoms with Gasteiger partial charge in [0.05, 0.1) is 21.8 Å². The number of hydrogen-bond acceptors (Lipinski definition) is 3. The number of carbonyl (C=O) groups is 1. The Labute approximate surface area is 177 Å². The molecule has 0 aliphatic rings. The number of aromatic nitrogens is 1. The summed E-state index contributed by atoms with van der Waals surface area (Å²) in [6.45, 7) is 6.33. The Balaban J connectivity index is 2.00. The van der Waals surface area contributed by atoms with Gasteiger partial charge in [0.2, 0.25) is 0 Å². The highest BCUT2D eigenvalue weighted by Crippen LogP contribution is 2.29. The van der Waals surface area contributed by atoms with Crippen LogP contribution < -0.4 is 5.43 Å². The molecule has 4 nitrogen and oxygen atoms in total. The normalized spacial score (nSPS) is 12.4. The number of amides is 1. The minimum absolute atomic E-state index is 0.272. The Morgan fingerprint density at radius 2 is 1.97 bits per heavy atom. The molecule has 0 fully saturated rings. The van der Waals surface area contributed by atoms with E-state index in [0.29, 0.717) is 33.1 Å². The minimum Gasteiger partial charge on any atom is -0.267 e. The summed E-state index contributed by atoms with van der Waals surface area (Å²) >= 11 is 6.40. The average Bonchev–Trinajstić information content (AvgIpc) is 2.73. The molecule has 0 unspecified atom stereocenters. The first-order valence-electron chi connectivity index (χ1n) is 10.1. The number of aryl methyl sites for hydroxylation is 1. The molecule has 29 heavy (non-hydrogen) atoms. The highest BCUT2D eigenvalue weighted by molar-refractivity contribution is 6.35. The highest BCUT2D eigenvalue weighted by atomic mass is 35.5. The van der Waals surface area contributed by atoms with E-state index in [2.05, 4.69) is 43.4 Å². The fourth-order valence-electron chi connectivity index (χ4n) is 3.27. The van der Waals surface area contributed by atoms with E-state index in [1.807, 2.05) is 24.3 Å². The standard InChI is InChI=1S/C24H26ClN3O/c1-4-7-16(3)15-26-28-24(29)20-14-22(18-12-10-17(5-2)11-13-18)27-23-19(20)8-6-9-21(23)25/h6,8-16H,4-5,7H2,1-3H3,(H,28,29)/b26-15-/t16-/m1/s1. The van der Waals surface area contributed by atoms with Gasteiger partial charge in [-0.1, -0.05) is 75.2 Å². The topological polar surface area (TPSA) is 54.4 Å². The fourth-order valence-corrected chi connectivity index (χ4v) is 3.49. The second kappa shape index (κ2) is 9.66. The van der Waals surface area contributed by atoms with Gasteiger partial charge in [-0.2, -0.15) is 5.10 Å². The number of halogens is 1. The van der Waals surface area contributed by atoms with Crippen LogP contribution in [0.15, 0.2) is 53.6 Å². The molecule has 0 aliphatic carbocycles. The van der Waals surface area contributed by atoms with Crippen molar-refractivity contribution in [3.63, 3.8) is 0 Å². The first-order chi connectivity index (χ1) is 14.0. The molecule has 5 heteroatoms. The summed E-state index contributed by atoms with van der Waals surface area (Å²) in [6.07, 6.45) is 4.86. The molecule has 0 aliphatic heterocycles. The average molecular weight is 408 g/mol. The zero-order chi connectivity index (χ0) is 20.8. The van der Waals surface area contributed by atoms with Crippen LogP contribution in [0.2, 0.25) is 5.02 Å². The van der Waals surface area contributed by atoms with Crippen LogP contribution in [0, 0.1) is 5.92 Å². The summed E-state index contributed by atoms with van der Waals surface area (Å²) < 4.78 is 0. The van der Waals surface area contributed by atoms with Gasteiger partial charge in [0.1, 0.15) is 0 Å². The van der Waals surface area contributed by atoms with Gasteiger partial charge in [0.25, 0.3) is 5.91 Å². The summed E-state index contributed by atoms with van der Waals surface area (Å²) in [5.74, 6) is 0.0441. The molecule has 0 saturated carbocycles. The number of carbonyl (C=O) groups excluding carboxylic acids is 1. The second-order valence-electron chi connectivity index (χ2n) is 7.23. The lowest BCUT2D eigenvalue weighted by molar-refractivity contribution is 0.0956. The molecule has 0 spiro atoms. The van der Waals surface area contributed by atoms with E-state index in [9.17, 15) is 4.79 Å². The maximum Gasteiger partial charge on any atom is 0.272 e. The third-order valence-electron chi connectivity index (χ3n) is 4.93. The predicted molar refractivity (Wildman–Crippen MR) is 122 cm³/mol. The molecule has 0 saturated heterocycles. The number of rotatable bonds is 7. The molecule has 3 rings (SSSR count). The molecule has 150 valence electrons. The van der Waals surface area contributed by atoms with Crippen molar-refractivity contribution < 1.29 is 4.79 Å². The third-order valence-corrected chi connectivity index (χ3v) is 5.24. The van der Waals surface area contributed by atoms with E-state index in [1.54, 1.807) is 18.3 Å². The molecule has 2 aromatic carbocycles. The van der Waals surface area contributed by atoms with Crippen LogP contribution in [0.4, 0.5) is 0 Å². The Bertz CT molecular complexity index is 1030. The molecular weight excluding hydrogens is 382 g/mol. The van der Waals surface area contributed by atoms with Crippen molar-refractivity contribution in [1.82, 2.24) is 10.4 Å². The fraction of sp³-hybridized carbons (Fsp3) is 0.292. The molecule has 3 aromatic rings. The lowest BCUT2D eigenvalue weighted by Gasteiger charge is -2.11. The summed E-state index contributed by atoms with van der Waals surface area (Å²) in [4.78, 5) is 17.6. The van der Waals surface area contributed by atoms with Crippen molar-refractivity contribution in [1.29, 1.82) is 0 Å². The molecule has 1 heterocycles. The summed E-state index contributed by atoms with van der Waals surface area (Å²) in [5, 5.41) is 5.37. The number of para-hydroxylation sites is 1. The van der Waals surface area contributed by atoms with Gasteiger partial charge in [-0.25, -0.2) is 10.4 Å². The number of pyridine rings is 1. The van der Waals surface area contributed by atoms with E-state index in [0.717, 1.165) is 24.8 Å². The molecule has 1 atom stereocenters. The van der Waals surface area contributed by atoms with Crippen LogP contribution in [0.3, 0.4) is 0 Å². The van der Waals surface area contributed by atoms with Crippen molar-refractivity contribution in [2.45, 2.75) is 40.0 Å². The number of hydrazone groups is 1. The van der Waals surface area contributed by atoms with Gasteiger partial charge < -0.3 is 0 Å². The Hall–Kier alpha value is -2.72. The predicted octanol–water partition coefficient (Wildman–Crippen LogP) is 6.27. The first kappa shape index (κ1) is 21.0. The number of nitrogens with zero attached hydrogens (tertiary/aromatic N) is 2. The molecule has 0 bridgehead atoms. The van der Waals surface area contributed by atoms with Crippen LogP contribution in [-0.4, -0.2) is 17.1 Å². The summed E-state index contributed by atoms with van der Waals surface area (Å²) in [5.41, 5.74) is 6.68. The Morgan fingerprint density at radius 3 is 2.66 bits per heavy atom. The van der Waals surface area contributed by atoms with Gasteiger partial charge >= 0.3 is 0 Å². The SMILES string of the molecule is CCC[C@@H](C)/C=N\NC(=O)c1cc(-c2ccc(CC)cc2)nc2c(Cl)cccc12. The van der Waals surface area contributed by atoms with Crippen LogP contribution in [0.1, 0.15) is 49.5 Å². The minimum atomic E-state index is -0.272. The van der Waals surface area contributed by atoms with E-state index < -0.39 is 0 Å². The number of fused-ring (bicyclic) bond motifs is 1. The summed E-state index contributed by atoms with van der Waals surface area (Å²) in [6, 6.07) is 15.5. The van der Waals surface area contributed by atoms with E-state index >= 15 is 0 Å². The Kier molecular flexibility index (Phi) is 6.99. The van der Waals surface area contributed by atoms with Crippen molar-refractivity contribution in [3.8, 4) is 11.3 Å². The molecular formula is C24H26ClN3O. The second-order valence-corrected chi connectivity index (χ2v) is 7.63. The van der Waals surface area contributed by atoms with Crippen LogP contribution in [-0.2, 0) is 6.42 Å². The number of benzene rings is 2. The quantitative estimate of drug-likeness (QED) is 0.370. The van der Waals surface area contributed by atoms with Crippen molar-refractivity contribution in [3.05, 3.63) is 64.7 Å². The van der Waals surface area contributed by atoms with Gasteiger partial charge in [0.15, 0.2) is 0 Å². The molecule has 1 N–H and O–H groups in total. The lowest BCUT2D eigenvalue weighted by Crippen LogP contribution is -2.19. The monoisotopic (exact) mass is 407 g/mol. The van der Waals surface area contributed by atoms with Crippen LogP contribution >= 0.6 is 11.6 Å². The van der Waals surface area contributed by atoms with E-state index in [1.165, 1.54) is 5.56 Å². The smallest absolute Gasteiger partial charge is 0.267 e.